The predicted octanol–water partition coefficient (Wildman–Crippen LogP) is 1.90. The van der Waals surface area contributed by atoms with Crippen molar-refractivity contribution in [2.45, 2.75) is 0 Å². The van der Waals surface area contributed by atoms with Crippen molar-refractivity contribution < 1.29 is 14.6 Å². The van der Waals surface area contributed by atoms with Crippen molar-refractivity contribution in [1.82, 2.24) is 0 Å². The Morgan fingerprint density at radius 3 is 2.40 bits per heavy atom. The molecule has 4 nitrogen and oxygen atoms in total. The van der Waals surface area contributed by atoms with Gasteiger partial charge in [0, 0.05) is 11.8 Å². The Hall–Kier alpha value is -2.75. The third-order valence-electron chi connectivity index (χ3n) is 2.78. The number of anilines is 1. The SMILES string of the molecule is COc1ccccc1N/C=C(\C(=O)[O-])c1ccccc1. The van der Waals surface area contributed by atoms with Crippen LogP contribution in [0.2, 0.25) is 0 Å². The van der Waals surface area contributed by atoms with Crippen molar-refractivity contribution in [1.29, 1.82) is 0 Å². The monoisotopic (exact) mass is 268 g/mol. The lowest BCUT2D eigenvalue weighted by Crippen LogP contribution is -2.24. The zero-order valence-corrected chi connectivity index (χ0v) is 11.0. The lowest BCUT2D eigenvalue weighted by molar-refractivity contribution is -0.295. The normalized spacial score (nSPS) is 10.9. The van der Waals surface area contributed by atoms with Gasteiger partial charge < -0.3 is 20.0 Å². The van der Waals surface area contributed by atoms with Crippen molar-refractivity contribution in [3.8, 4) is 5.75 Å². The number of carboxylic acid groups (broad SMARTS) is 1. The molecule has 4 heteroatoms. The molecule has 2 aromatic carbocycles. The molecule has 0 spiro atoms. The fourth-order valence-corrected chi connectivity index (χ4v) is 1.79. The Morgan fingerprint density at radius 2 is 1.75 bits per heavy atom. The molecule has 0 aromatic heterocycles. The maximum absolute atomic E-state index is 11.2. The number of carboxylic acids is 1. The zero-order chi connectivity index (χ0) is 14.4. The van der Waals surface area contributed by atoms with E-state index in [1.807, 2.05) is 18.2 Å². The van der Waals surface area contributed by atoms with Crippen LogP contribution >= 0.6 is 0 Å². The van der Waals surface area contributed by atoms with Crippen molar-refractivity contribution in [2.75, 3.05) is 12.4 Å². The molecule has 0 amide bonds. The van der Waals surface area contributed by atoms with Crippen LogP contribution in [0.5, 0.6) is 5.75 Å². The molecule has 0 saturated heterocycles. The summed E-state index contributed by atoms with van der Waals surface area (Å²) in [4.78, 5) is 11.2. The number of hydrogen-bond acceptors (Lipinski definition) is 4. The molecular weight excluding hydrogens is 254 g/mol. The van der Waals surface area contributed by atoms with Gasteiger partial charge in [0.15, 0.2) is 0 Å². The molecule has 0 aliphatic rings. The largest absolute Gasteiger partial charge is 0.545 e. The molecule has 0 saturated carbocycles. The molecule has 0 heterocycles. The minimum absolute atomic E-state index is 0.0801. The van der Waals surface area contributed by atoms with E-state index in [9.17, 15) is 9.90 Å². The van der Waals surface area contributed by atoms with E-state index < -0.39 is 5.97 Å². The first kappa shape index (κ1) is 13.7. The second kappa shape index (κ2) is 6.43. The van der Waals surface area contributed by atoms with E-state index in [0.29, 0.717) is 17.0 Å². The Kier molecular flexibility index (Phi) is 4.39. The fraction of sp³-hybridized carbons (Fsp3) is 0.0625. The average molecular weight is 268 g/mol. The lowest BCUT2D eigenvalue weighted by Gasteiger charge is -2.12. The van der Waals surface area contributed by atoms with E-state index in [-0.39, 0.29) is 5.57 Å². The van der Waals surface area contributed by atoms with Gasteiger partial charge in [-0.05, 0) is 17.7 Å². The number of aliphatic carboxylic acids is 1. The summed E-state index contributed by atoms with van der Waals surface area (Å²) in [6.07, 6.45) is 1.41. The van der Waals surface area contributed by atoms with Gasteiger partial charge in [0.25, 0.3) is 0 Å². The summed E-state index contributed by atoms with van der Waals surface area (Å²) in [6.45, 7) is 0. The molecule has 0 atom stereocenters. The van der Waals surface area contributed by atoms with E-state index in [2.05, 4.69) is 5.32 Å². The summed E-state index contributed by atoms with van der Waals surface area (Å²) in [5.41, 5.74) is 1.34. The zero-order valence-electron chi connectivity index (χ0n) is 11.0. The van der Waals surface area contributed by atoms with Crippen LogP contribution < -0.4 is 15.2 Å². The summed E-state index contributed by atoms with van der Waals surface area (Å²) >= 11 is 0. The molecule has 2 aromatic rings. The first-order valence-electron chi connectivity index (χ1n) is 6.09. The molecule has 0 unspecified atom stereocenters. The van der Waals surface area contributed by atoms with Crippen molar-refractivity contribution in [3.63, 3.8) is 0 Å². The Labute approximate surface area is 117 Å². The van der Waals surface area contributed by atoms with Crippen LogP contribution in [0.1, 0.15) is 5.56 Å². The van der Waals surface area contributed by atoms with Gasteiger partial charge in [0.2, 0.25) is 0 Å². The summed E-state index contributed by atoms with van der Waals surface area (Å²) in [6, 6.07) is 16.1. The quantitative estimate of drug-likeness (QED) is 0.841. The fourth-order valence-electron chi connectivity index (χ4n) is 1.79. The molecular formula is C16H14NO3-. The van der Waals surface area contributed by atoms with Crippen LogP contribution in [0.15, 0.2) is 60.8 Å². The molecule has 102 valence electrons. The third kappa shape index (κ3) is 3.17. The second-order valence-electron chi connectivity index (χ2n) is 4.06. The number of carbonyl (C=O) groups excluding carboxylic acids is 1. The van der Waals surface area contributed by atoms with Gasteiger partial charge in [0.05, 0.1) is 18.8 Å². The van der Waals surface area contributed by atoms with Crippen LogP contribution in [0.25, 0.3) is 5.57 Å². The third-order valence-corrected chi connectivity index (χ3v) is 2.78. The van der Waals surface area contributed by atoms with E-state index in [0.717, 1.165) is 0 Å². The van der Waals surface area contributed by atoms with Crippen LogP contribution in [0.3, 0.4) is 0 Å². The number of methoxy groups -OCH3 is 1. The van der Waals surface area contributed by atoms with E-state index in [4.69, 9.17) is 4.74 Å². The predicted molar refractivity (Wildman–Crippen MR) is 76.0 cm³/mol. The maximum Gasteiger partial charge on any atom is 0.142 e. The standard InChI is InChI=1S/C16H15NO3/c1-20-15-10-6-5-9-14(15)17-11-13(16(18)19)12-7-3-2-4-8-12/h2-11,17H,1H3,(H,18,19)/p-1/b13-11-. The van der Waals surface area contributed by atoms with Gasteiger partial charge in [-0.3, -0.25) is 0 Å². The van der Waals surface area contributed by atoms with Gasteiger partial charge >= 0.3 is 0 Å². The van der Waals surface area contributed by atoms with Gasteiger partial charge in [0.1, 0.15) is 5.75 Å². The molecule has 0 fully saturated rings. The topological polar surface area (TPSA) is 61.4 Å². The highest BCUT2D eigenvalue weighted by atomic mass is 16.5. The van der Waals surface area contributed by atoms with Gasteiger partial charge in [-0.15, -0.1) is 0 Å². The lowest BCUT2D eigenvalue weighted by atomic mass is 10.1. The van der Waals surface area contributed by atoms with Crippen LogP contribution in [-0.4, -0.2) is 13.1 Å². The summed E-state index contributed by atoms with van der Waals surface area (Å²) in [5.74, 6) is -0.604. The number of rotatable bonds is 5. The maximum atomic E-state index is 11.2. The van der Waals surface area contributed by atoms with Crippen LogP contribution in [-0.2, 0) is 4.79 Å². The summed E-state index contributed by atoms with van der Waals surface area (Å²) < 4.78 is 5.19. The number of nitrogens with one attached hydrogen (secondary N) is 1. The molecule has 0 bridgehead atoms. The number of para-hydroxylation sites is 2. The molecule has 1 N–H and O–H groups in total. The minimum atomic E-state index is -1.24. The average Bonchev–Trinajstić information content (AvgIpc) is 2.48. The van der Waals surface area contributed by atoms with E-state index in [1.54, 1.807) is 43.5 Å². The number of carbonyl (C=O) groups is 1. The first-order valence-corrected chi connectivity index (χ1v) is 6.09. The highest BCUT2D eigenvalue weighted by Crippen LogP contribution is 2.24. The molecule has 0 radical (unpaired) electrons. The van der Waals surface area contributed by atoms with Crippen molar-refractivity contribution in [3.05, 3.63) is 66.4 Å². The van der Waals surface area contributed by atoms with Gasteiger partial charge in [-0.25, -0.2) is 0 Å². The van der Waals surface area contributed by atoms with Gasteiger partial charge in [-0.2, -0.15) is 0 Å². The molecule has 0 aliphatic carbocycles. The highest BCUT2D eigenvalue weighted by molar-refractivity contribution is 6.14. The number of ether oxygens (including phenoxy) is 1. The Morgan fingerprint density at radius 1 is 1.10 bits per heavy atom. The molecule has 2 rings (SSSR count). The Balaban J connectivity index is 2.29. The molecule has 20 heavy (non-hydrogen) atoms. The summed E-state index contributed by atoms with van der Waals surface area (Å²) in [7, 11) is 1.56. The van der Waals surface area contributed by atoms with Crippen molar-refractivity contribution >= 4 is 17.2 Å². The second-order valence-corrected chi connectivity index (χ2v) is 4.06. The van der Waals surface area contributed by atoms with E-state index >= 15 is 0 Å². The van der Waals surface area contributed by atoms with Gasteiger partial charge in [-0.1, -0.05) is 42.5 Å². The summed E-state index contributed by atoms with van der Waals surface area (Å²) in [5, 5.41) is 14.2. The number of hydrogen-bond donors (Lipinski definition) is 1. The van der Waals surface area contributed by atoms with Crippen LogP contribution in [0, 0.1) is 0 Å². The Bertz CT molecular complexity index is 621. The highest BCUT2D eigenvalue weighted by Gasteiger charge is 2.03. The van der Waals surface area contributed by atoms with E-state index in [1.165, 1.54) is 6.20 Å². The number of benzene rings is 2. The van der Waals surface area contributed by atoms with Crippen LogP contribution in [0.4, 0.5) is 5.69 Å². The minimum Gasteiger partial charge on any atom is -0.545 e. The smallest absolute Gasteiger partial charge is 0.142 e. The van der Waals surface area contributed by atoms with Crippen molar-refractivity contribution in [2.24, 2.45) is 0 Å². The first-order chi connectivity index (χ1) is 9.72. The molecule has 0 aliphatic heterocycles.